The monoisotopic (exact) mass is 304 g/mol. The Labute approximate surface area is 130 Å². The molecule has 0 atom stereocenters. The van der Waals surface area contributed by atoms with Crippen molar-refractivity contribution in [1.82, 2.24) is 0 Å². The second-order valence-electron chi connectivity index (χ2n) is 6.14. The molecule has 0 fully saturated rings. The molecule has 2 rings (SSSR count). The van der Waals surface area contributed by atoms with Crippen LogP contribution in [0.1, 0.15) is 27.7 Å². The van der Waals surface area contributed by atoms with Crippen molar-refractivity contribution in [2.45, 2.75) is 38.9 Å². The molecule has 0 aliphatic carbocycles. The molecule has 2 N–H and O–H groups in total. The molecule has 0 amide bonds. The van der Waals surface area contributed by atoms with Crippen molar-refractivity contribution in [2.24, 2.45) is 0 Å². The standard InChI is InChI=1S/C16H21BO3S/c1-15(2,18)16(3,4)20-17(19)14-10-13(11-21-14)12-8-6-5-7-9-12/h5-11,18-19H,1-4H3. The summed E-state index contributed by atoms with van der Waals surface area (Å²) in [4.78, 5) is 0. The number of hydrogen-bond donors (Lipinski definition) is 2. The Morgan fingerprint density at radius 1 is 1.05 bits per heavy atom. The van der Waals surface area contributed by atoms with Gasteiger partial charge in [0.25, 0.3) is 0 Å². The third-order valence-electron chi connectivity index (χ3n) is 3.85. The number of benzene rings is 1. The third-order valence-corrected chi connectivity index (χ3v) is 4.81. The lowest BCUT2D eigenvalue weighted by Gasteiger charge is -2.38. The zero-order valence-electron chi connectivity index (χ0n) is 12.8. The highest BCUT2D eigenvalue weighted by atomic mass is 32.1. The predicted octanol–water partition coefficient (Wildman–Crippen LogP) is 2.67. The smallest absolute Gasteiger partial charge is 0.423 e. The van der Waals surface area contributed by atoms with E-state index in [0.29, 0.717) is 0 Å². The van der Waals surface area contributed by atoms with E-state index in [1.54, 1.807) is 27.7 Å². The van der Waals surface area contributed by atoms with Crippen LogP contribution in [0.5, 0.6) is 0 Å². The molecule has 1 heterocycles. The molecule has 21 heavy (non-hydrogen) atoms. The minimum atomic E-state index is -1.05. The lowest BCUT2D eigenvalue weighted by molar-refractivity contribution is -0.0981. The molecule has 0 bridgehead atoms. The van der Waals surface area contributed by atoms with Gasteiger partial charge < -0.3 is 14.8 Å². The summed E-state index contributed by atoms with van der Waals surface area (Å²) in [5, 5.41) is 22.3. The summed E-state index contributed by atoms with van der Waals surface area (Å²) in [7, 11) is -1.05. The first-order valence-electron chi connectivity index (χ1n) is 6.93. The number of thiophene rings is 1. The van der Waals surface area contributed by atoms with E-state index in [1.807, 2.05) is 41.8 Å². The summed E-state index contributed by atoms with van der Waals surface area (Å²) in [6.45, 7) is 6.87. The topological polar surface area (TPSA) is 49.7 Å². The predicted molar refractivity (Wildman–Crippen MR) is 88.8 cm³/mol. The van der Waals surface area contributed by atoms with Gasteiger partial charge in [-0.25, -0.2) is 0 Å². The Morgan fingerprint density at radius 3 is 2.24 bits per heavy atom. The molecule has 112 valence electrons. The van der Waals surface area contributed by atoms with Crippen LogP contribution in [0.4, 0.5) is 0 Å². The Kier molecular flexibility index (Phi) is 4.59. The van der Waals surface area contributed by atoms with Gasteiger partial charge in [0.1, 0.15) is 0 Å². The molecule has 0 aliphatic heterocycles. The van der Waals surface area contributed by atoms with Crippen molar-refractivity contribution in [3.05, 3.63) is 41.8 Å². The fourth-order valence-corrected chi connectivity index (χ4v) is 2.57. The van der Waals surface area contributed by atoms with Gasteiger partial charge in [0.05, 0.1) is 11.2 Å². The van der Waals surface area contributed by atoms with Gasteiger partial charge in [0.2, 0.25) is 0 Å². The first kappa shape index (κ1) is 16.2. The van der Waals surface area contributed by atoms with Gasteiger partial charge in [-0.3, -0.25) is 0 Å². The Hall–Kier alpha value is -1.14. The van der Waals surface area contributed by atoms with E-state index < -0.39 is 18.3 Å². The van der Waals surface area contributed by atoms with Crippen molar-refractivity contribution in [3.8, 4) is 11.1 Å². The van der Waals surface area contributed by atoms with E-state index in [4.69, 9.17) is 4.65 Å². The average Bonchev–Trinajstić information content (AvgIpc) is 2.87. The quantitative estimate of drug-likeness (QED) is 0.835. The maximum Gasteiger partial charge on any atom is 0.502 e. The van der Waals surface area contributed by atoms with Crippen LogP contribution >= 0.6 is 11.3 Å². The first-order chi connectivity index (χ1) is 9.71. The largest absolute Gasteiger partial charge is 0.502 e. The second-order valence-corrected chi connectivity index (χ2v) is 7.09. The van der Waals surface area contributed by atoms with Gasteiger partial charge in [0.15, 0.2) is 0 Å². The lowest BCUT2D eigenvalue weighted by Crippen LogP contribution is -2.52. The molecule has 0 saturated carbocycles. The molecular weight excluding hydrogens is 283 g/mol. The molecule has 2 aromatic rings. The minimum Gasteiger partial charge on any atom is -0.423 e. The highest BCUT2D eigenvalue weighted by Gasteiger charge is 2.39. The molecule has 1 aromatic heterocycles. The van der Waals surface area contributed by atoms with Crippen molar-refractivity contribution < 1.29 is 14.8 Å². The van der Waals surface area contributed by atoms with E-state index in [2.05, 4.69) is 0 Å². The summed E-state index contributed by atoms with van der Waals surface area (Å²) in [5.74, 6) is 0. The highest BCUT2D eigenvalue weighted by Crippen LogP contribution is 2.26. The van der Waals surface area contributed by atoms with Crippen LogP contribution in [0.15, 0.2) is 41.8 Å². The summed E-state index contributed by atoms with van der Waals surface area (Å²) in [6, 6.07) is 11.9. The van der Waals surface area contributed by atoms with Crippen LogP contribution in [0.25, 0.3) is 11.1 Å². The Balaban J connectivity index is 2.15. The molecule has 1 aromatic carbocycles. The summed E-state index contributed by atoms with van der Waals surface area (Å²) < 4.78 is 6.38. The van der Waals surface area contributed by atoms with E-state index >= 15 is 0 Å². The fraction of sp³-hybridized carbons (Fsp3) is 0.375. The van der Waals surface area contributed by atoms with Gasteiger partial charge >= 0.3 is 7.12 Å². The SMILES string of the molecule is CC(C)(O)C(C)(C)OB(O)c1cc(-c2ccccc2)cs1. The molecule has 0 aliphatic rings. The van der Waals surface area contributed by atoms with Crippen LogP contribution < -0.4 is 4.78 Å². The van der Waals surface area contributed by atoms with Crippen molar-refractivity contribution in [2.75, 3.05) is 0 Å². The van der Waals surface area contributed by atoms with Gasteiger partial charge in [-0.15, -0.1) is 0 Å². The Morgan fingerprint density at radius 2 is 1.67 bits per heavy atom. The van der Waals surface area contributed by atoms with Gasteiger partial charge in [-0.05, 0) is 50.3 Å². The van der Waals surface area contributed by atoms with Crippen molar-refractivity contribution >= 4 is 23.2 Å². The highest BCUT2D eigenvalue weighted by molar-refractivity contribution is 7.21. The fourth-order valence-electron chi connectivity index (χ4n) is 1.75. The normalized spacial score (nSPS) is 12.5. The van der Waals surface area contributed by atoms with Crippen LogP contribution in [0.3, 0.4) is 0 Å². The van der Waals surface area contributed by atoms with Crippen LogP contribution in [0, 0.1) is 0 Å². The average molecular weight is 304 g/mol. The van der Waals surface area contributed by atoms with E-state index in [0.717, 1.165) is 15.9 Å². The lowest BCUT2D eigenvalue weighted by atomic mass is 9.81. The van der Waals surface area contributed by atoms with Gasteiger partial charge in [-0.1, -0.05) is 30.3 Å². The first-order valence-corrected chi connectivity index (χ1v) is 7.81. The molecule has 3 nitrogen and oxygen atoms in total. The zero-order chi connectivity index (χ0) is 15.7. The molecule has 0 radical (unpaired) electrons. The molecule has 0 unspecified atom stereocenters. The third kappa shape index (κ3) is 3.74. The molecule has 0 spiro atoms. The minimum absolute atomic E-state index is 0.728. The van der Waals surface area contributed by atoms with Crippen molar-refractivity contribution in [3.63, 3.8) is 0 Å². The maximum atomic E-state index is 10.3. The van der Waals surface area contributed by atoms with E-state index in [-0.39, 0.29) is 0 Å². The molecule has 0 saturated heterocycles. The molecule has 5 heteroatoms. The molecular formula is C16H21BO3S. The van der Waals surface area contributed by atoms with Gasteiger partial charge in [-0.2, -0.15) is 11.3 Å². The van der Waals surface area contributed by atoms with Crippen molar-refractivity contribution in [1.29, 1.82) is 0 Å². The van der Waals surface area contributed by atoms with Crippen LogP contribution in [-0.2, 0) is 4.65 Å². The zero-order valence-corrected chi connectivity index (χ0v) is 13.6. The summed E-state index contributed by atoms with van der Waals surface area (Å²) in [6.07, 6.45) is 0. The number of hydrogen-bond acceptors (Lipinski definition) is 4. The van der Waals surface area contributed by atoms with E-state index in [9.17, 15) is 10.1 Å². The summed E-state index contributed by atoms with van der Waals surface area (Å²) in [5.41, 5.74) is 0.254. The number of rotatable bonds is 5. The maximum absolute atomic E-state index is 10.3. The Bertz CT molecular complexity index is 587. The van der Waals surface area contributed by atoms with E-state index in [1.165, 1.54) is 11.3 Å². The van der Waals surface area contributed by atoms with Crippen LogP contribution in [-0.4, -0.2) is 28.5 Å². The van der Waals surface area contributed by atoms with Crippen LogP contribution in [0.2, 0.25) is 0 Å². The second kappa shape index (κ2) is 5.93. The number of aliphatic hydroxyl groups is 1. The summed E-state index contributed by atoms with van der Waals surface area (Å²) >= 11 is 1.45. The van der Waals surface area contributed by atoms with Gasteiger partial charge in [0, 0.05) is 4.78 Å².